The Morgan fingerprint density at radius 1 is 1.07 bits per heavy atom. The topological polar surface area (TPSA) is 101 Å². The summed E-state index contributed by atoms with van der Waals surface area (Å²) in [6.07, 6.45) is 3.42. The number of aromatic amines is 1. The summed E-state index contributed by atoms with van der Waals surface area (Å²) in [7, 11) is 0. The highest BCUT2D eigenvalue weighted by molar-refractivity contribution is 5.92. The first kappa shape index (κ1) is 19.3. The number of fused-ring (bicyclic) bond motifs is 1. The molecule has 0 atom stereocenters. The van der Waals surface area contributed by atoms with E-state index < -0.39 is 4.92 Å². The zero-order chi connectivity index (χ0) is 20.9. The number of H-pyrrole nitrogens is 1. The van der Waals surface area contributed by atoms with Crippen LogP contribution in [0.3, 0.4) is 0 Å². The molecule has 2 aromatic heterocycles. The summed E-state index contributed by atoms with van der Waals surface area (Å²) in [4.78, 5) is 30.7. The summed E-state index contributed by atoms with van der Waals surface area (Å²) in [5, 5.41) is 14.7. The number of rotatable bonds is 7. The van der Waals surface area contributed by atoms with Crippen molar-refractivity contribution in [2.24, 2.45) is 0 Å². The highest BCUT2D eigenvalue weighted by Gasteiger charge is 2.14. The van der Waals surface area contributed by atoms with Crippen LogP contribution in [0.25, 0.3) is 22.3 Å². The maximum atomic E-state index is 12.3. The number of pyridine rings is 1. The molecule has 1 amide bonds. The number of carbonyl (C=O) groups is 1. The van der Waals surface area contributed by atoms with Gasteiger partial charge in [0.05, 0.1) is 16.3 Å². The van der Waals surface area contributed by atoms with Crippen LogP contribution in [-0.2, 0) is 11.2 Å². The maximum absolute atomic E-state index is 12.3. The smallest absolute Gasteiger partial charge is 0.271 e. The zero-order valence-corrected chi connectivity index (χ0v) is 16.2. The van der Waals surface area contributed by atoms with Crippen molar-refractivity contribution >= 4 is 28.2 Å². The van der Waals surface area contributed by atoms with Crippen LogP contribution in [0.15, 0.2) is 72.9 Å². The molecule has 30 heavy (non-hydrogen) atoms. The average Bonchev–Trinajstić information content (AvgIpc) is 3.13. The molecular formula is C23H20N4O3. The number of non-ortho nitro benzene ring substituents is 1. The first-order valence-corrected chi connectivity index (χ1v) is 9.67. The van der Waals surface area contributed by atoms with Gasteiger partial charge in [0.25, 0.3) is 5.69 Å². The summed E-state index contributed by atoms with van der Waals surface area (Å²) in [6, 6.07) is 19.8. The molecular weight excluding hydrogens is 380 g/mol. The fourth-order valence-corrected chi connectivity index (χ4v) is 3.54. The third-order valence-corrected chi connectivity index (χ3v) is 4.91. The van der Waals surface area contributed by atoms with Crippen LogP contribution < -0.4 is 5.32 Å². The molecule has 2 aromatic carbocycles. The Kier molecular flexibility index (Phi) is 5.52. The van der Waals surface area contributed by atoms with E-state index in [0.29, 0.717) is 24.9 Å². The number of hydrogen-bond acceptors (Lipinski definition) is 4. The number of nitrogens with one attached hydrogen (secondary N) is 2. The van der Waals surface area contributed by atoms with Crippen LogP contribution in [-0.4, -0.2) is 20.8 Å². The molecule has 0 saturated carbocycles. The van der Waals surface area contributed by atoms with Crippen LogP contribution in [0.5, 0.6) is 0 Å². The number of hydrogen-bond donors (Lipinski definition) is 2. The van der Waals surface area contributed by atoms with Gasteiger partial charge in [-0.25, -0.2) is 0 Å². The molecule has 0 aliphatic rings. The summed E-state index contributed by atoms with van der Waals surface area (Å²) in [5.41, 5.74) is 4.38. The van der Waals surface area contributed by atoms with Crippen LogP contribution in [0.2, 0.25) is 0 Å². The second-order valence-electron chi connectivity index (χ2n) is 6.95. The van der Waals surface area contributed by atoms with Crippen molar-refractivity contribution in [1.29, 1.82) is 0 Å². The minimum absolute atomic E-state index is 0.0494. The second kappa shape index (κ2) is 8.57. The maximum Gasteiger partial charge on any atom is 0.271 e. The number of carbonyl (C=O) groups excluding carboxylic acids is 1. The number of nitrogens with zero attached hydrogens (tertiary/aromatic N) is 2. The SMILES string of the molecule is O=C(CCCc1c(-c2ccccn2)[nH]c2ccccc12)Nc1cccc([N+](=O)[O-])c1. The molecule has 0 spiro atoms. The van der Waals surface area contributed by atoms with Crippen LogP contribution in [0.4, 0.5) is 11.4 Å². The van der Waals surface area contributed by atoms with Gasteiger partial charge in [0.2, 0.25) is 5.91 Å². The van der Waals surface area contributed by atoms with Gasteiger partial charge in [0, 0.05) is 41.3 Å². The predicted molar refractivity (Wildman–Crippen MR) is 116 cm³/mol. The molecule has 0 saturated heterocycles. The quantitative estimate of drug-likeness (QED) is 0.333. The van der Waals surface area contributed by atoms with Gasteiger partial charge in [-0.2, -0.15) is 0 Å². The lowest BCUT2D eigenvalue weighted by atomic mass is 10.0. The van der Waals surface area contributed by atoms with E-state index in [-0.39, 0.29) is 11.6 Å². The molecule has 0 bridgehead atoms. The highest BCUT2D eigenvalue weighted by Crippen LogP contribution is 2.30. The lowest BCUT2D eigenvalue weighted by Crippen LogP contribution is -2.11. The number of benzene rings is 2. The van der Waals surface area contributed by atoms with E-state index in [1.807, 2.05) is 36.4 Å². The molecule has 0 aliphatic carbocycles. The summed E-state index contributed by atoms with van der Waals surface area (Å²) < 4.78 is 0. The van der Waals surface area contributed by atoms with E-state index in [1.165, 1.54) is 12.1 Å². The summed E-state index contributed by atoms with van der Waals surface area (Å²) >= 11 is 0. The summed E-state index contributed by atoms with van der Waals surface area (Å²) in [5.74, 6) is -0.172. The van der Waals surface area contributed by atoms with Crippen LogP contribution in [0.1, 0.15) is 18.4 Å². The predicted octanol–water partition coefficient (Wildman–Crippen LogP) is 5.10. The third-order valence-electron chi connectivity index (χ3n) is 4.91. The molecule has 7 nitrogen and oxygen atoms in total. The third kappa shape index (κ3) is 4.20. The molecule has 2 heterocycles. The van der Waals surface area contributed by atoms with Gasteiger partial charge < -0.3 is 10.3 Å². The van der Waals surface area contributed by atoms with Crippen molar-refractivity contribution in [2.75, 3.05) is 5.32 Å². The average molecular weight is 400 g/mol. The fraction of sp³-hybridized carbons (Fsp3) is 0.130. The van der Waals surface area contributed by atoms with Crippen LogP contribution >= 0.6 is 0 Å². The van der Waals surface area contributed by atoms with E-state index >= 15 is 0 Å². The van der Waals surface area contributed by atoms with Crippen molar-refractivity contribution in [1.82, 2.24) is 9.97 Å². The molecule has 2 N–H and O–H groups in total. The van der Waals surface area contributed by atoms with Gasteiger partial charge in [-0.3, -0.25) is 19.9 Å². The summed E-state index contributed by atoms with van der Waals surface area (Å²) in [6.45, 7) is 0. The molecule has 7 heteroatoms. The normalized spacial score (nSPS) is 10.8. The van der Waals surface area contributed by atoms with E-state index in [9.17, 15) is 14.9 Å². The molecule has 4 aromatic rings. The number of nitro groups is 1. The number of para-hydroxylation sites is 1. The number of amides is 1. The van der Waals surface area contributed by atoms with Gasteiger partial charge >= 0.3 is 0 Å². The first-order valence-electron chi connectivity index (χ1n) is 9.67. The first-order chi connectivity index (χ1) is 14.6. The molecule has 150 valence electrons. The molecule has 0 aliphatic heterocycles. The number of aromatic nitrogens is 2. The monoisotopic (exact) mass is 400 g/mol. The second-order valence-corrected chi connectivity index (χ2v) is 6.95. The van der Waals surface area contributed by atoms with Crippen molar-refractivity contribution in [3.8, 4) is 11.4 Å². The molecule has 4 rings (SSSR count). The standard InChI is InChI=1S/C23H20N4O3/c28-22(25-16-7-5-8-17(15-16)27(29)30)13-6-10-19-18-9-1-2-11-20(18)26-23(19)21-12-3-4-14-24-21/h1-5,7-9,11-12,14-15,26H,6,10,13H2,(H,25,28). The van der Waals surface area contributed by atoms with E-state index in [4.69, 9.17) is 0 Å². The van der Waals surface area contributed by atoms with Crippen molar-refractivity contribution in [3.05, 3.63) is 88.6 Å². The zero-order valence-electron chi connectivity index (χ0n) is 16.2. The number of anilines is 1. The van der Waals surface area contributed by atoms with Crippen molar-refractivity contribution in [2.45, 2.75) is 19.3 Å². The molecule has 0 unspecified atom stereocenters. The minimum atomic E-state index is -0.480. The largest absolute Gasteiger partial charge is 0.353 e. The van der Waals surface area contributed by atoms with Gasteiger partial charge in [-0.1, -0.05) is 30.3 Å². The Balaban J connectivity index is 1.47. The Labute approximate surface area is 172 Å². The van der Waals surface area contributed by atoms with Crippen molar-refractivity contribution < 1.29 is 9.72 Å². The molecule has 0 radical (unpaired) electrons. The Morgan fingerprint density at radius 3 is 2.70 bits per heavy atom. The van der Waals surface area contributed by atoms with Crippen molar-refractivity contribution in [3.63, 3.8) is 0 Å². The van der Waals surface area contributed by atoms with Gasteiger partial charge in [-0.05, 0) is 42.7 Å². The van der Waals surface area contributed by atoms with E-state index in [0.717, 1.165) is 27.9 Å². The lowest BCUT2D eigenvalue weighted by molar-refractivity contribution is -0.384. The van der Waals surface area contributed by atoms with E-state index in [2.05, 4.69) is 21.4 Å². The van der Waals surface area contributed by atoms with Crippen LogP contribution in [0, 0.1) is 10.1 Å². The fourth-order valence-electron chi connectivity index (χ4n) is 3.54. The Morgan fingerprint density at radius 2 is 1.90 bits per heavy atom. The Hall–Kier alpha value is -4.00. The van der Waals surface area contributed by atoms with Gasteiger partial charge in [0.15, 0.2) is 0 Å². The van der Waals surface area contributed by atoms with Gasteiger partial charge in [0.1, 0.15) is 0 Å². The van der Waals surface area contributed by atoms with Gasteiger partial charge in [-0.15, -0.1) is 0 Å². The molecule has 0 fully saturated rings. The number of aryl methyl sites for hydroxylation is 1. The lowest BCUT2D eigenvalue weighted by Gasteiger charge is -2.07. The van der Waals surface area contributed by atoms with E-state index in [1.54, 1.807) is 18.3 Å². The minimum Gasteiger partial charge on any atom is -0.353 e. The number of nitro benzene ring substituents is 1. The Bertz CT molecular complexity index is 1200. The highest BCUT2D eigenvalue weighted by atomic mass is 16.6.